The zero-order valence-corrected chi connectivity index (χ0v) is 8.10. The van der Waals surface area contributed by atoms with Gasteiger partial charge in [-0.15, -0.1) is 12.4 Å². The van der Waals surface area contributed by atoms with Crippen LogP contribution in [0, 0.1) is 6.92 Å². The van der Waals surface area contributed by atoms with E-state index in [1.165, 1.54) is 13.0 Å². The second-order valence-electron chi connectivity index (χ2n) is 3.16. The van der Waals surface area contributed by atoms with Crippen molar-refractivity contribution in [3.05, 3.63) is 17.5 Å². The van der Waals surface area contributed by atoms with Crippen LogP contribution < -0.4 is 0 Å². The number of likely N-dealkylation sites (tertiary alicyclic amines) is 1. The number of aromatic nitrogens is 1. The van der Waals surface area contributed by atoms with E-state index in [0.717, 1.165) is 11.5 Å². The van der Waals surface area contributed by atoms with Crippen LogP contribution in [0.25, 0.3) is 0 Å². The maximum atomic E-state index is 5.15. The first kappa shape index (κ1) is 9.55. The number of halogens is 1. The maximum absolute atomic E-state index is 5.15. The number of hydrogen-bond donors (Lipinski definition) is 0. The first-order valence-electron chi connectivity index (χ1n) is 3.91. The number of hydrogen-bond acceptors (Lipinski definition) is 3. The van der Waals surface area contributed by atoms with Crippen LogP contribution >= 0.6 is 12.4 Å². The van der Waals surface area contributed by atoms with Crippen molar-refractivity contribution in [2.24, 2.45) is 0 Å². The van der Waals surface area contributed by atoms with E-state index in [0.29, 0.717) is 6.04 Å². The summed E-state index contributed by atoms with van der Waals surface area (Å²) in [7, 11) is 2.10. The molecule has 4 heteroatoms. The van der Waals surface area contributed by atoms with E-state index in [2.05, 4.69) is 17.1 Å². The second kappa shape index (κ2) is 3.46. The molecule has 0 bridgehead atoms. The van der Waals surface area contributed by atoms with Crippen molar-refractivity contribution in [3.8, 4) is 0 Å². The second-order valence-corrected chi connectivity index (χ2v) is 3.16. The fraction of sp³-hybridized carbons (Fsp3) is 0.625. The van der Waals surface area contributed by atoms with Crippen molar-refractivity contribution in [2.45, 2.75) is 19.4 Å². The lowest BCUT2D eigenvalue weighted by atomic mass is 10.0. The molecule has 1 saturated heterocycles. The van der Waals surface area contributed by atoms with Gasteiger partial charge in [-0.05, 0) is 20.4 Å². The smallest absolute Gasteiger partial charge is 0.154 e. The predicted octanol–water partition coefficient (Wildman–Crippen LogP) is 1.78. The molecule has 1 aliphatic rings. The van der Waals surface area contributed by atoms with E-state index in [4.69, 9.17) is 4.52 Å². The maximum Gasteiger partial charge on any atom is 0.154 e. The normalized spacial score (nSPS) is 23.0. The molecule has 2 heterocycles. The van der Waals surface area contributed by atoms with Gasteiger partial charge in [0, 0.05) is 12.6 Å². The summed E-state index contributed by atoms with van der Waals surface area (Å²) in [4.78, 5) is 2.26. The quantitative estimate of drug-likeness (QED) is 0.673. The van der Waals surface area contributed by atoms with Crippen LogP contribution in [-0.4, -0.2) is 23.6 Å². The SMILES string of the molecule is Cc1cc([C@@H]2CCN2C)on1.Cl. The highest BCUT2D eigenvalue weighted by atomic mass is 35.5. The van der Waals surface area contributed by atoms with E-state index in [-0.39, 0.29) is 12.4 Å². The Kier molecular flexibility index (Phi) is 2.75. The molecule has 12 heavy (non-hydrogen) atoms. The van der Waals surface area contributed by atoms with Crippen LogP contribution in [0.1, 0.15) is 23.9 Å². The number of aryl methyl sites for hydroxylation is 1. The third-order valence-electron chi connectivity index (χ3n) is 2.26. The summed E-state index contributed by atoms with van der Waals surface area (Å²) >= 11 is 0. The molecule has 1 aromatic rings. The third-order valence-corrected chi connectivity index (χ3v) is 2.26. The fourth-order valence-electron chi connectivity index (χ4n) is 1.42. The molecule has 68 valence electrons. The van der Waals surface area contributed by atoms with E-state index >= 15 is 0 Å². The third kappa shape index (κ3) is 1.47. The Hall–Kier alpha value is -0.540. The Bertz CT molecular complexity index is 261. The summed E-state index contributed by atoms with van der Waals surface area (Å²) in [5.41, 5.74) is 0.973. The highest BCUT2D eigenvalue weighted by Crippen LogP contribution is 2.31. The number of rotatable bonds is 1. The van der Waals surface area contributed by atoms with Crippen molar-refractivity contribution < 1.29 is 4.52 Å². The minimum absolute atomic E-state index is 0. The summed E-state index contributed by atoms with van der Waals surface area (Å²) in [6.45, 7) is 3.12. The molecule has 1 fully saturated rings. The van der Waals surface area contributed by atoms with Crippen molar-refractivity contribution in [1.82, 2.24) is 10.1 Å². The van der Waals surface area contributed by atoms with Gasteiger partial charge in [-0.2, -0.15) is 0 Å². The van der Waals surface area contributed by atoms with Gasteiger partial charge in [0.25, 0.3) is 0 Å². The van der Waals surface area contributed by atoms with Crippen LogP contribution in [0.3, 0.4) is 0 Å². The standard InChI is InChI=1S/C8H12N2O.ClH/c1-6-5-8(11-9-6)7-3-4-10(7)2;/h5,7H,3-4H2,1-2H3;1H/t7-;/m0./s1. The van der Waals surface area contributed by atoms with Gasteiger partial charge in [0.1, 0.15) is 0 Å². The lowest BCUT2D eigenvalue weighted by molar-refractivity contribution is 0.0997. The van der Waals surface area contributed by atoms with Crippen LogP contribution in [0.5, 0.6) is 0 Å². The highest BCUT2D eigenvalue weighted by molar-refractivity contribution is 5.85. The van der Waals surface area contributed by atoms with E-state index in [1.807, 2.05) is 13.0 Å². The molecule has 0 aliphatic carbocycles. The summed E-state index contributed by atoms with van der Waals surface area (Å²) in [5, 5.41) is 3.85. The van der Waals surface area contributed by atoms with E-state index in [1.54, 1.807) is 0 Å². The topological polar surface area (TPSA) is 29.3 Å². The average Bonchev–Trinajstić information content (AvgIpc) is 2.33. The van der Waals surface area contributed by atoms with Gasteiger partial charge < -0.3 is 4.52 Å². The lowest BCUT2D eigenvalue weighted by Gasteiger charge is -2.35. The van der Waals surface area contributed by atoms with Crippen molar-refractivity contribution >= 4 is 12.4 Å². The van der Waals surface area contributed by atoms with Gasteiger partial charge in [-0.3, -0.25) is 4.90 Å². The lowest BCUT2D eigenvalue weighted by Crippen LogP contribution is -2.36. The molecule has 3 nitrogen and oxygen atoms in total. The summed E-state index contributed by atoms with van der Waals surface area (Å²) in [6.07, 6.45) is 1.20. The molecular formula is C8H13ClN2O. The Morgan fingerprint density at radius 2 is 2.42 bits per heavy atom. The summed E-state index contributed by atoms with van der Waals surface area (Å²) < 4.78 is 5.15. The fourth-order valence-corrected chi connectivity index (χ4v) is 1.42. The molecule has 0 aromatic carbocycles. The molecule has 1 atom stereocenters. The zero-order chi connectivity index (χ0) is 7.84. The number of nitrogens with zero attached hydrogens (tertiary/aromatic N) is 2. The van der Waals surface area contributed by atoms with E-state index in [9.17, 15) is 0 Å². The van der Waals surface area contributed by atoms with Crippen LogP contribution in [0.2, 0.25) is 0 Å². The molecule has 0 N–H and O–H groups in total. The minimum atomic E-state index is 0. The molecule has 0 radical (unpaired) electrons. The van der Waals surface area contributed by atoms with Crippen molar-refractivity contribution in [1.29, 1.82) is 0 Å². The van der Waals surface area contributed by atoms with Crippen LogP contribution in [0.15, 0.2) is 10.6 Å². The first-order valence-corrected chi connectivity index (χ1v) is 3.91. The molecule has 0 spiro atoms. The first-order chi connectivity index (χ1) is 5.27. The van der Waals surface area contributed by atoms with Gasteiger partial charge in [0.15, 0.2) is 5.76 Å². The minimum Gasteiger partial charge on any atom is -0.359 e. The molecular weight excluding hydrogens is 176 g/mol. The molecule has 0 unspecified atom stereocenters. The van der Waals surface area contributed by atoms with Gasteiger partial charge >= 0.3 is 0 Å². The Morgan fingerprint density at radius 1 is 1.67 bits per heavy atom. The molecule has 0 amide bonds. The molecule has 1 aromatic heterocycles. The average molecular weight is 189 g/mol. The summed E-state index contributed by atoms with van der Waals surface area (Å²) in [6, 6.07) is 2.50. The zero-order valence-electron chi connectivity index (χ0n) is 7.28. The van der Waals surface area contributed by atoms with Crippen LogP contribution in [-0.2, 0) is 0 Å². The monoisotopic (exact) mass is 188 g/mol. The van der Waals surface area contributed by atoms with E-state index < -0.39 is 0 Å². The molecule has 2 rings (SSSR count). The Morgan fingerprint density at radius 3 is 2.75 bits per heavy atom. The Balaban J connectivity index is 0.000000720. The van der Waals surface area contributed by atoms with Crippen LogP contribution in [0.4, 0.5) is 0 Å². The van der Waals surface area contributed by atoms with Gasteiger partial charge in [0.2, 0.25) is 0 Å². The predicted molar refractivity (Wildman–Crippen MR) is 48.5 cm³/mol. The van der Waals surface area contributed by atoms with Gasteiger partial charge in [-0.25, -0.2) is 0 Å². The summed E-state index contributed by atoms with van der Waals surface area (Å²) in [5.74, 6) is 1.01. The molecule has 0 saturated carbocycles. The Labute approximate surface area is 78.1 Å². The van der Waals surface area contributed by atoms with Crippen molar-refractivity contribution in [3.63, 3.8) is 0 Å². The van der Waals surface area contributed by atoms with Gasteiger partial charge in [0.05, 0.1) is 11.7 Å². The molecule has 1 aliphatic heterocycles. The van der Waals surface area contributed by atoms with Gasteiger partial charge in [-0.1, -0.05) is 5.16 Å². The van der Waals surface area contributed by atoms with Crippen molar-refractivity contribution in [2.75, 3.05) is 13.6 Å². The highest BCUT2D eigenvalue weighted by Gasteiger charge is 2.28. The largest absolute Gasteiger partial charge is 0.359 e.